The van der Waals surface area contributed by atoms with Gasteiger partial charge in [0.05, 0.1) is 4.91 Å². The van der Waals surface area contributed by atoms with Crippen LogP contribution < -0.4 is 4.90 Å². The number of para-hydroxylation sites is 1. The molecule has 1 fully saturated rings. The number of rotatable bonds is 2. The molecule has 1 aromatic carbocycles. The maximum absolute atomic E-state index is 12.5. The summed E-state index contributed by atoms with van der Waals surface area (Å²) in [6, 6.07) is 8.18. The Morgan fingerprint density at radius 1 is 1.19 bits per heavy atom. The number of thiocarbonyl (C=S) groups is 1. The van der Waals surface area contributed by atoms with Crippen molar-refractivity contribution in [3.05, 3.63) is 47.0 Å². The van der Waals surface area contributed by atoms with Gasteiger partial charge in [0.2, 0.25) is 0 Å². The van der Waals surface area contributed by atoms with Crippen LogP contribution in [0.25, 0.3) is 5.57 Å². The van der Waals surface area contributed by atoms with E-state index in [1.165, 1.54) is 11.8 Å². The van der Waals surface area contributed by atoms with Crippen molar-refractivity contribution in [1.82, 2.24) is 4.90 Å². The van der Waals surface area contributed by atoms with Gasteiger partial charge in [-0.3, -0.25) is 9.69 Å². The molecule has 0 atom stereocenters. The van der Waals surface area contributed by atoms with E-state index >= 15 is 0 Å². The highest BCUT2D eigenvalue weighted by molar-refractivity contribution is 8.26. The monoisotopic (exact) mass is 316 g/mol. The Hall–Kier alpha value is -1.59. The standard InChI is InChI=1S/C16H16N2OS2/c1-3-17-10-9-12(11-7-5-6-8-13(11)17)14-15(19)18(4-2)16(20)21-14/h5-10H,3-4H2,1-2H3. The second kappa shape index (κ2) is 5.66. The van der Waals surface area contributed by atoms with Gasteiger partial charge >= 0.3 is 0 Å². The van der Waals surface area contributed by atoms with Crippen molar-refractivity contribution >= 4 is 45.5 Å². The van der Waals surface area contributed by atoms with E-state index in [-0.39, 0.29) is 5.91 Å². The quantitative estimate of drug-likeness (QED) is 0.614. The molecular weight excluding hydrogens is 300 g/mol. The van der Waals surface area contributed by atoms with Gasteiger partial charge in [0.1, 0.15) is 4.32 Å². The van der Waals surface area contributed by atoms with Gasteiger partial charge in [0.15, 0.2) is 0 Å². The maximum Gasteiger partial charge on any atom is 0.266 e. The zero-order valence-corrected chi connectivity index (χ0v) is 13.6. The van der Waals surface area contributed by atoms with Gasteiger partial charge in [0, 0.05) is 36.1 Å². The van der Waals surface area contributed by atoms with Crippen LogP contribution in [-0.4, -0.2) is 28.2 Å². The fourth-order valence-electron chi connectivity index (χ4n) is 2.59. The molecule has 0 unspecified atom stereocenters. The SMILES string of the molecule is CCN1C(=O)C(=C2C=CN(CC)c3ccccc32)SC1=S. The summed E-state index contributed by atoms with van der Waals surface area (Å²) in [6.07, 6.45) is 4.06. The van der Waals surface area contributed by atoms with Gasteiger partial charge < -0.3 is 4.90 Å². The smallest absolute Gasteiger partial charge is 0.266 e. The molecule has 3 rings (SSSR count). The lowest BCUT2D eigenvalue weighted by Crippen LogP contribution is -2.27. The van der Waals surface area contributed by atoms with Crippen LogP contribution in [0.5, 0.6) is 0 Å². The molecule has 0 bridgehead atoms. The zero-order chi connectivity index (χ0) is 15.0. The molecule has 108 valence electrons. The van der Waals surface area contributed by atoms with Gasteiger partial charge in [-0.15, -0.1) is 0 Å². The van der Waals surface area contributed by atoms with E-state index in [9.17, 15) is 4.79 Å². The number of carbonyl (C=O) groups excluding carboxylic acids is 1. The Bertz CT molecular complexity index is 679. The molecule has 1 aromatic rings. The number of benzene rings is 1. The van der Waals surface area contributed by atoms with E-state index < -0.39 is 0 Å². The topological polar surface area (TPSA) is 23.6 Å². The second-order valence-electron chi connectivity index (χ2n) is 4.78. The summed E-state index contributed by atoms with van der Waals surface area (Å²) >= 11 is 6.71. The summed E-state index contributed by atoms with van der Waals surface area (Å²) in [5.74, 6) is 0.0203. The molecule has 0 aliphatic carbocycles. The Morgan fingerprint density at radius 3 is 2.62 bits per heavy atom. The lowest BCUT2D eigenvalue weighted by atomic mass is 9.99. The van der Waals surface area contributed by atoms with Crippen LogP contribution in [-0.2, 0) is 4.79 Å². The average Bonchev–Trinajstić information content (AvgIpc) is 2.80. The van der Waals surface area contributed by atoms with Crippen LogP contribution in [0.1, 0.15) is 19.4 Å². The summed E-state index contributed by atoms with van der Waals surface area (Å²) in [7, 11) is 0. The van der Waals surface area contributed by atoms with Crippen molar-refractivity contribution in [2.45, 2.75) is 13.8 Å². The highest BCUT2D eigenvalue weighted by Crippen LogP contribution is 2.41. The summed E-state index contributed by atoms with van der Waals surface area (Å²) in [5.41, 5.74) is 3.21. The van der Waals surface area contributed by atoms with Crippen molar-refractivity contribution < 1.29 is 4.79 Å². The third-order valence-corrected chi connectivity index (χ3v) is 5.14. The maximum atomic E-state index is 12.5. The molecular formula is C16H16N2OS2. The first-order chi connectivity index (χ1) is 10.2. The van der Waals surface area contributed by atoms with E-state index in [4.69, 9.17) is 12.2 Å². The van der Waals surface area contributed by atoms with Gasteiger partial charge in [-0.05, 0) is 26.0 Å². The minimum Gasteiger partial charge on any atom is -0.348 e. The van der Waals surface area contributed by atoms with Gasteiger partial charge in [-0.25, -0.2) is 0 Å². The Labute approximate surface area is 134 Å². The predicted octanol–water partition coefficient (Wildman–Crippen LogP) is 3.63. The lowest BCUT2D eigenvalue weighted by molar-refractivity contribution is -0.122. The molecule has 1 saturated heterocycles. The molecule has 3 nitrogen and oxygen atoms in total. The van der Waals surface area contributed by atoms with Gasteiger partial charge in [0.25, 0.3) is 5.91 Å². The van der Waals surface area contributed by atoms with E-state index in [1.54, 1.807) is 4.90 Å². The Kier molecular flexibility index (Phi) is 3.87. The third kappa shape index (κ3) is 2.30. The van der Waals surface area contributed by atoms with Crippen LogP contribution in [0, 0.1) is 0 Å². The molecule has 0 saturated carbocycles. The zero-order valence-electron chi connectivity index (χ0n) is 12.0. The molecule has 0 N–H and O–H groups in total. The minimum atomic E-state index is 0.0203. The van der Waals surface area contributed by atoms with E-state index in [0.717, 1.165) is 28.3 Å². The molecule has 0 spiro atoms. The summed E-state index contributed by atoms with van der Waals surface area (Å²) in [5, 5.41) is 0. The number of fused-ring (bicyclic) bond motifs is 1. The first-order valence-electron chi connectivity index (χ1n) is 6.99. The fourth-order valence-corrected chi connectivity index (χ4v) is 4.04. The second-order valence-corrected chi connectivity index (χ2v) is 6.42. The normalized spacial score (nSPS) is 21.2. The third-order valence-electron chi connectivity index (χ3n) is 3.68. The van der Waals surface area contributed by atoms with Crippen LogP contribution in [0.3, 0.4) is 0 Å². The van der Waals surface area contributed by atoms with Crippen LogP contribution >= 0.6 is 24.0 Å². The van der Waals surface area contributed by atoms with E-state index in [0.29, 0.717) is 10.9 Å². The number of anilines is 1. The summed E-state index contributed by atoms with van der Waals surface area (Å²) < 4.78 is 0.647. The van der Waals surface area contributed by atoms with Crippen LogP contribution in [0.15, 0.2) is 41.4 Å². The lowest BCUT2D eigenvalue weighted by Gasteiger charge is -2.26. The number of amides is 1. The summed E-state index contributed by atoms with van der Waals surface area (Å²) in [6.45, 7) is 5.58. The molecule has 2 heterocycles. The molecule has 21 heavy (non-hydrogen) atoms. The van der Waals surface area contributed by atoms with Crippen molar-refractivity contribution in [3.8, 4) is 0 Å². The van der Waals surface area contributed by atoms with Gasteiger partial charge in [-0.2, -0.15) is 0 Å². The molecule has 2 aliphatic rings. The number of carbonyl (C=O) groups is 1. The highest BCUT2D eigenvalue weighted by Gasteiger charge is 2.34. The Balaban J connectivity index is 2.14. The van der Waals surface area contributed by atoms with Crippen molar-refractivity contribution in [1.29, 1.82) is 0 Å². The van der Waals surface area contributed by atoms with E-state index in [2.05, 4.69) is 24.0 Å². The average molecular weight is 316 g/mol. The molecule has 1 amide bonds. The number of nitrogens with zero attached hydrogens (tertiary/aromatic N) is 2. The molecule has 0 radical (unpaired) electrons. The first-order valence-corrected chi connectivity index (χ1v) is 8.22. The van der Waals surface area contributed by atoms with E-state index in [1.807, 2.05) is 31.3 Å². The van der Waals surface area contributed by atoms with Crippen LogP contribution in [0.2, 0.25) is 0 Å². The highest BCUT2D eigenvalue weighted by atomic mass is 32.2. The number of hydrogen-bond donors (Lipinski definition) is 0. The molecule has 0 aromatic heterocycles. The number of likely N-dealkylation sites (N-methyl/N-ethyl adjacent to an activating group) is 1. The predicted molar refractivity (Wildman–Crippen MR) is 93.1 cm³/mol. The molecule has 2 aliphatic heterocycles. The molecule has 5 heteroatoms. The number of thioether (sulfide) groups is 1. The Morgan fingerprint density at radius 2 is 1.95 bits per heavy atom. The van der Waals surface area contributed by atoms with Crippen molar-refractivity contribution in [2.24, 2.45) is 0 Å². The van der Waals surface area contributed by atoms with Crippen molar-refractivity contribution in [3.63, 3.8) is 0 Å². The number of hydrogen-bond acceptors (Lipinski definition) is 4. The summed E-state index contributed by atoms with van der Waals surface area (Å²) in [4.78, 5) is 17.1. The number of allylic oxidation sites excluding steroid dienone is 2. The van der Waals surface area contributed by atoms with Crippen LogP contribution in [0.4, 0.5) is 5.69 Å². The minimum absolute atomic E-state index is 0.0203. The fraction of sp³-hybridized carbons (Fsp3) is 0.250. The first kappa shape index (κ1) is 14.4. The van der Waals surface area contributed by atoms with Gasteiger partial charge in [-0.1, -0.05) is 42.2 Å². The largest absolute Gasteiger partial charge is 0.348 e. The van der Waals surface area contributed by atoms with Crippen molar-refractivity contribution in [2.75, 3.05) is 18.0 Å².